The Morgan fingerprint density at radius 1 is 1.24 bits per heavy atom. The van der Waals surface area contributed by atoms with Crippen LogP contribution in [0.4, 0.5) is 0 Å². The Labute approximate surface area is 126 Å². The van der Waals surface area contributed by atoms with Crippen LogP contribution >= 0.6 is 0 Å². The van der Waals surface area contributed by atoms with Gasteiger partial charge in [-0.15, -0.1) is 0 Å². The molecule has 2 aliphatic rings. The Bertz CT molecular complexity index is 476. The van der Waals surface area contributed by atoms with Crippen molar-refractivity contribution in [2.75, 3.05) is 13.1 Å². The van der Waals surface area contributed by atoms with Gasteiger partial charge in [-0.05, 0) is 24.8 Å². The first-order valence-corrected chi connectivity index (χ1v) is 7.79. The Morgan fingerprint density at radius 2 is 2.05 bits per heavy atom. The van der Waals surface area contributed by atoms with Crippen LogP contribution in [0.3, 0.4) is 0 Å². The first-order valence-electron chi connectivity index (χ1n) is 7.79. The highest BCUT2D eigenvalue weighted by Gasteiger charge is 2.40. The van der Waals surface area contributed by atoms with Gasteiger partial charge in [0.15, 0.2) is 0 Å². The van der Waals surface area contributed by atoms with E-state index in [1.807, 2.05) is 18.2 Å². The average molecular weight is 289 g/mol. The predicted octanol–water partition coefficient (Wildman–Crippen LogP) is 2.37. The van der Waals surface area contributed by atoms with E-state index in [4.69, 9.17) is 9.47 Å². The molecule has 0 aliphatic carbocycles. The van der Waals surface area contributed by atoms with Gasteiger partial charge in [-0.3, -0.25) is 9.69 Å². The van der Waals surface area contributed by atoms with Gasteiger partial charge in [0.05, 0.1) is 12.7 Å². The molecule has 1 aromatic carbocycles. The van der Waals surface area contributed by atoms with Crippen LogP contribution in [0.15, 0.2) is 30.3 Å². The highest BCUT2D eigenvalue weighted by atomic mass is 16.5. The van der Waals surface area contributed by atoms with Crippen molar-refractivity contribution in [2.24, 2.45) is 0 Å². The standard InChI is InChI=1S/C17H23NO3/c1-13(19)21-17-9-10-18-11-15(7-8-16(17)18)20-12-14-5-3-2-4-6-14/h2-6,15-17H,7-12H2,1H3/t15-,16+,17+/m1/s1. The number of esters is 1. The summed E-state index contributed by atoms with van der Waals surface area (Å²) >= 11 is 0. The molecule has 2 heterocycles. The lowest BCUT2D eigenvalue weighted by molar-refractivity contribution is -0.148. The number of nitrogens with zero attached hydrogens (tertiary/aromatic N) is 1. The molecule has 1 aromatic rings. The second-order valence-electron chi connectivity index (χ2n) is 5.99. The van der Waals surface area contributed by atoms with Crippen LogP contribution in [0.5, 0.6) is 0 Å². The first kappa shape index (κ1) is 14.5. The summed E-state index contributed by atoms with van der Waals surface area (Å²) in [5.41, 5.74) is 1.22. The van der Waals surface area contributed by atoms with Gasteiger partial charge < -0.3 is 9.47 Å². The van der Waals surface area contributed by atoms with Gasteiger partial charge in [-0.1, -0.05) is 30.3 Å². The minimum atomic E-state index is -0.163. The Balaban J connectivity index is 1.49. The van der Waals surface area contributed by atoms with Gasteiger partial charge in [-0.2, -0.15) is 0 Å². The Morgan fingerprint density at radius 3 is 2.81 bits per heavy atom. The third-order valence-corrected chi connectivity index (χ3v) is 4.47. The minimum Gasteiger partial charge on any atom is -0.461 e. The van der Waals surface area contributed by atoms with E-state index in [9.17, 15) is 4.79 Å². The third kappa shape index (κ3) is 3.63. The zero-order valence-electron chi connectivity index (χ0n) is 12.5. The number of piperidine rings is 1. The lowest BCUT2D eigenvalue weighted by Gasteiger charge is -2.36. The first-order chi connectivity index (χ1) is 10.2. The molecule has 2 aliphatic heterocycles. The van der Waals surface area contributed by atoms with E-state index in [0.717, 1.165) is 32.4 Å². The van der Waals surface area contributed by atoms with Crippen LogP contribution in [-0.4, -0.2) is 42.2 Å². The average Bonchev–Trinajstić information content (AvgIpc) is 2.88. The fourth-order valence-corrected chi connectivity index (χ4v) is 3.47. The van der Waals surface area contributed by atoms with E-state index in [1.54, 1.807) is 0 Å². The van der Waals surface area contributed by atoms with Gasteiger partial charge in [0, 0.05) is 26.1 Å². The van der Waals surface area contributed by atoms with Crippen LogP contribution in [-0.2, 0) is 20.9 Å². The maximum atomic E-state index is 11.1. The number of carbonyl (C=O) groups is 1. The SMILES string of the molecule is CC(=O)O[C@H]1CCN2C[C@H](OCc3ccccc3)CC[C@@H]12. The van der Waals surface area contributed by atoms with Gasteiger partial charge in [0.1, 0.15) is 6.10 Å². The predicted molar refractivity (Wildman–Crippen MR) is 79.8 cm³/mol. The zero-order valence-corrected chi connectivity index (χ0v) is 12.5. The Hall–Kier alpha value is -1.39. The summed E-state index contributed by atoms with van der Waals surface area (Å²) in [6, 6.07) is 10.7. The maximum absolute atomic E-state index is 11.1. The summed E-state index contributed by atoms with van der Waals surface area (Å²) in [5, 5.41) is 0. The van der Waals surface area contributed by atoms with Crippen molar-refractivity contribution >= 4 is 5.97 Å². The molecule has 0 aromatic heterocycles. The van der Waals surface area contributed by atoms with Crippen molar-refractivity contribution in [1.29, 1.82) is 0 Å². The number of carbonyl (C=O) groups excluding carboxylic acids is 1. The molecule has 4 nitrogen and oxygen atoms in total. The lowest BCUT2D eigenvalue weighted by Crippen LogP contribution is -2.46. The highest BCUT2D eigenvalue weighted by Crippen LogP contribution is 2.30. The second-order valence-corrected chi connectivity index (χ2v) is 5.99. The van der Waals surface area contributed by atoms with E-state index in [0.29, 0.717) is 12.6 Å². The molecule has 0 saturated carbocycles. The second kappa shape index (κ2) is 6.58. The molecule has 0 amide bonds. The van der Waals surface area contributed by atoms with Crippen molar-refractivity contribution in [3.05, 3.63) is 35.9 Å². The summed E-state index contributed by atoms with van der Waals surface area (Å²) in [5.74, 6) is -0.163. The molecule has 2 saturated heterocycles. The minimum absolute atomic E-state index is 0.0811. The molecule has 3 atom stereocenters. The van der Waals surface area contributed by atoms with E-state index < -0.39 is 0 Å². The normalized spacial score (nSPS) is 29.1. The van der Waals surface area contributed by atoms with Crippen molar-refractivity contribution in [3.8, 4) is 0 Å². The molecule has 114 valence electrons. The number of benzene rings is 1. The third-order valence-electron chi connectivity index (χ3n) is 4.47. The molecule has 0 unspecified atom stereocenters. The van der Waals surface area contributed by atoms with E-state index in [1.165, 1.54) is 12.5 Å². The van der Waals surface area contributed by atoms with Crippen LogP contribution in [0.25, 0.3) is 0 Å². The number of ether oxygens (including phenoxy) is 2. The summed E-state index contributed by atoms with van der Waals surface area (Å²) in [6.45, 7) is 4.14. The molecule has 0 radical (unpaired) electrons. The maximum Gasteiger partial charge on any atom is 0.302 e. The van der Waals surface area contributed by atoms with Crippen molar-refractivity contribution in [1.82, 2.24) is 4.90 Å². The summed E-state index contributed by atoms with van der Waals surface area (Å²) < 4.78 is 11.5. The number of hydrogen-bond donors (Lipinski definition) is 0. The lowest BCUT2D eigenvalue weighted by atomic mass is 9.99. The fourth-order valence-electron chi connectivity index (χ4n) is 3.47. The largest absolute Gasteiger partial charge is 0.461 e. The topological polar surface area (TPSA) is 38.8 Å². The molecule has 0 N–H and O–H groups in total. The molecule has 3 rings (SSSR count). The fraction of sp³-hybridized carbons (Fsp3) is 0.588. The Kier molecular flexibility index (Phi) is 4.56. The van der Waals surface area contributed by atoms with E-state index >= 15 is 0 Å². The van der Waals surface area contributed by atoms with E-state index in [-0.39, 0.29) is 18.2 Å². The molecule has 21 heavy (non-hydrogen) atoms. The number of hydrogen-bond acceptors (Lipinski definition) is 4. The van der Waals surface area contributed by atoms with Crippen LogP contribution < -0.4 is 0 Å². The smallest absolute Gasteiger partial charge is 0.302 e. The molecule has 0 bridgehead atoms. The summed E-state index contributed by atoms with van der Waals surface area (Å²) in [7, 11) is 0. The number of rotatable bonds is 4. The van der Waals surface area contributed by atoms with Crippen molar-refractivity contribution < 1.29 is 14.3 Å². The van der Waals surface area contributed by atoms with Crippen molar-refractivity contribution in [3.63, 3.8) is 0 Å². The summed E-state index contributed by atoms with van der Waals surface area (Å²) in [4.78, 5) is 13.6. The molecular weight excluding hydrogens is 266 g/mol. The molecule has 2 fully saturated rings. The van der Waals surface area contributed by atoms with Gasteiger partial charge in [0.25, 0.3) is 0 Å². The molecular formula is C17H23NO3. The number of fused-ring (bicyclic) bond motifs is 1. The quantitative estimate of drug-likeness (QED) is 0.798. The molecule has 4 heteroatoms. The highest BCUT2D eigenvalue weighted by molar-refractivity contribution is 5.66. The van der Waals surface area contributed by atoms with Crippen LogP contribution in [0, 0.1) is 0 Å². The zero-order chi connectivity index (χ0) is 14.7. The monoisotopic (exact) mass is 289 g/mol. The van der Waals surface area contributed by atoms with Crippen molar-refractivity contribution in [2.45, 2.75) is 51.0 Å². The van der Waals surface area contributed by atoms with Crippen LogP contribution in [0.1, 0.15) is 31.7 Å². The van der Waals surface area contributed by atoms with Crippen LogP contribution in [0.2, 0.25) is 0 Å². The summed E-state index contributed by atoms with van der Waals surface area (Å²) in [6.07, 6.45) is 3.42. The van der Waals surface area contributed by atoms with Gasteiger partial charge in [0.2, 0.25) is 0 Å². The van der Waals surface area contributed by atoms with Gasteiger partial charge in [-0.25, -0.2) is 0 Å². The molecule has 0 spiro atoms. The van der Waals surface area contributed by atoms with E-state index in [2.05, 4.69) is 17.0 Å². The van der Waals surface area contributed by atoms with Gasteiger partial charge >= 0.3 is 5.97 Å².